The fourth-order valence-corrected chi connectivity index (χ4v) is 2.82. The smallest absolute Gasteiger partial charge is 0.149 e. The number of aromatic nitrogens is 1. The average Bonchev–Trinajstić information content (AvgIpc) is 2.59. The van der Waals surface area contributed by atoms with Crippen molar-refractivity contribution >= 4 is 16.6 Å². The molecule has 0 aliphatic carbocycles. The van der Waals surface area contributed by atoms with Crippen molar-refractivity contribution in [2.75, 3.05) is 26.0 Å². The van der Waals surface area contributed by atoms with Gasteiger partial charge in [-0.3, -0.25) is 4.98 Å². The second-order valence-corrected chi connectivity index (χ2v) is 5.88. The Kier molecular flexibility index (Phi) is 4.71. The highest BCUT2D eigenvalue weighted by atomic mass is 19.1. The number of nitrogens with zero attached hydrogens (tertiary/aromatic N) is 2. The van der Waals surface area contributed by atoms with E-state index in [1.807, 2.05) is 32.3 Å². The molecule has 3 nitrogen and oxygen atoms in total. The van der Waals surface area contributed by atoms with Gasteiger partial charge < -0.3 is 10.2 Å². The van der Waals surface area contributed by atoms with Crippen molar-refractivity contribution < 1.29 is 8.78 Å². The van der Waals surface area contributed by atoms with E-state index in [1.54, 1.807) is 6.07 Å². The van der Waals surface area contributed by atoms with Crippen LogP contribution in [0.15, 0.2) is 54.7 Å². The average molecular weight is 327 g/mol. The van der Waals surface area contributed by atoms with E-state index in [2.05, 4.69) is 27.3 Å². The van der Waals surface area contributed by atoms with E-state index in [0.717, 1.165) is 17.7 Å². The number of rotatable bonds is 5. The van der Waals surface area contributed by atoms with Crippen LogP contribution in [0.4, 0.5) is 14.5 Å². The lowest BCUT2D eigenvalue weighted by atomic mass is 10.1. The summed E-state index contributed by atoms with van der Waals surface area (Å²) in [4.78, 5) is 6.04. The molecule has 0 spiro atoms. The topological polar surface area (TPSA) is 28.2 Å². The van der Waals surface area contributed by atoms with Crippen molar-refractivity contribution in [2.45, 2.75) is 6.04 Å². The molecule has 124 valence electrons. The monoisotopic (exact) mass is 327 g/mol. The minimum absolute atomic E-state index is 0.0427. The SMILES string of the molecule is CN(C)C(CNc1ccnc2c(F)ccc(F)c12)c1ccccc1. The summed E-state index contributed by atoms with van der Waals surface area (Å²) in [5.74, 6) is -1.01. The van der Waals surface area contributed by atoms with Crippen LogP contribution in [-0.2, 0) is 0 Å². The third kappa shape index (κ3) is 3.21. The standard InChI is InChI=1S/C19H19F2N3/c1-24(2)17(13-6-4-3-5-7-13)12-23-16-10-11-22-19-15(21)9-8-14(20)18(16)19/h3-11,17H,12H2,1-2H3,(H,22,23). The van der Waals surface area contributed by atoms with Gasteiger partial charge in [0.1, 0.15) is 17.2 Å². The highest BCUT2D eigenvalue weighted by Crippen LogP contribution is 2.27. The van der Waals surface area contributed by atoms with Gasteiger partial charge in [-0.05, 0) is 37.9 Å². The van der Waals surface area contributed by atoms with E-state index in [-0.39, 0.29) is 16.9 Å². The molecule has 3 rings (SSSR count). The van der Waals surface area contributed by atoms with Gasteiger partial charge in [0, 0.05) is 18.4 Å². The predicted molar refractivity (Wildman–Crippen MR) is 93.0 cm³/mol. The van der Waals surface area contributed by atoms with Crippen LogP contribution in [0.2, 0.25) is 0 Å². The van der Waals surface area contributed by atoms with Gasteiger partial charge in [0.05, 0.1) is 11.4 Å². The molecule has 0 radical (unpaired) electrons. The lowest BCUT2D eigenvalue weighted by Gasteiger charge is -2.26. The van der Waals surface area contributed by atoms with E-state index in [4.69, 9.17) is 0 Å². The van der Waals surface area contributed by atoms with Gasteiger partial charge in [-0.15, -0.1) is 0 Å². The van der Waals surface area contributed by atoms with Crippen molar-refractivity contribution in [1.82, 2.24) is 9.88 Å². The van der Waals surface area contributed by atoms with Gasteiger partial charge in [-0.2, -0.15) is 0 Å². The number of fused-ring (bicyclic) bond motifs is 1. The Bertz CT molecular complexity index is 835. The van der Waals surface area contributed by atoms with Crippen LogP contribution in [0, 0.1) is 11.6 Å². The molecule has 0 amide bonds. The van der Waals surface area contributed by atoms with E-state index >= 15 is 0 Å². The highest BCUT2D eigenvalue weighted by Gasteiger charge is 2.16. The molecule has 3 aromatic rings. The zero-order chi connectivity index (χ0) is 17.1. The summed E-state index contributed by atoms with van der Waals surface area (Å²) < 4.78 is 28.0. The zero-order valence-corrected chi connectivity index (χ0v) is 13.6. The lowest BCUT2D eigenvalue weighted by molar-refractivity contribution is 0.312. The zero-order valence-electron chi connectivity index (χ0n) is 13.6. The van der Waals surface area contributed by atoms with Crippen LogP contribution < -0.4 is 5.32 Å². The molecular formula is C19H19F2N3. The summed E-state index contributed by atoms with van der Waals surface area (Å²) in [7, 11) is 3.98. The molecule has 24 heavy (non-hydrogen) atoms. The first-order chi connectivity index (χ1) is 11.6. The number of nitrogens with one attached hydrogen (secondary N) is 1. The Hall–Kier alpha value is -2.53. The molecular weight excluding hydrogens is 308 g/mol. The molecule has 2 aromatic carbocycles. The molecule has 1 atom stereocenters. The second kappa shape index (κ2) is 6.93. The Balaban J connectivity index is 1.91. The first-order valence-corrected chi connectivity index (χ1v) is 7.76. The van der Waals surface area contributed by atoms with Crippen molar-refractivity contribution in [2.24, 2.45) is 0 Å². The summed E-state index contributed by atoms with van der Waals surface area (Å²) in [6, 6.07) is 14.1. The van der Waals surface area contributed by atoms with E-state index < -0.39 is 11.6 Å². The highest BCUT2D eigenvalue weighted by molar-refractivity contribution is 5.91. The maximum absolute atomic E-state index is 14.2. The Labute approximate surface area is 139 Å². The maximum Gasteiger partial charge on any atom is 0.149 e. The van der Waals surface area contributed by atoms with Crippen molar-refractivity contribution in [3.8, 4) is 0 Å². The van der Waals surface area contributed by atoms with Crippen LogP contribution in [0.3, 0.4) is 0 Å². The minimum Gasteiger partial charge on any atom is -0.382 e. The number of halogens is 2. The molecule has 1 heterocycles. The summed E-state index contributed by atoms with van der Waals surface area (Å²) in [6.07, 6.45) is 1.49. The van der Waals surface area contributed by atoms with Gasteiger partial charge in [-0.1, -0.05) is 30.3 Å². The largest absolute Gasteiger partial charge is 0.382 e. The molecule has 1 unspecified atom stereocenters. The fourth-order valence-electron chi connectivity index (χ4n) is 2.82. The Morgan fingerprint density at radius 3 is 2.42 bits per heavy atom. The molecule has 0 saturated carbocycles. The molecule has 1 N–H and O–H groups in total. The van der Waals surface area contributed by atoms with Gasteiger partial charge in [0.15, 0.2) is 0 Å². The molecule has 0 aliphatic heterocycles. The molecule has 0 bridgehead atoms. The van der Waals surface area contributed by atoms with Crippen LogP contribution >= 0.6 is 0 Å². The molecule has 0 aliphatic rings. The van der Waals surface area contributed by atoms with Gasteiger partial charge >= 0.3 is 0 Å². The fraction of sp³-hybridized carbons (Fsp3) is 0.211. The number of hydrogen-bond donors (Lipinski definition) is 1. The third-order valence-corrected chi connectivity index (χ3v) is 4.09. The van der Waals surface area contributed by atoms with Crippen LogP contribution in [0.5, 0.6) is 0 Å². The molecule has 1 aromatic heterocycles. The van der Waals surface area contributed by atoms with Gasteiger partial charge in [-0.25, -0.2) is 8.78 Å². The van der Waals surface area contributed by atoms with Crippen molar-refractivity contribution in [1.29, 1.82) is 0 Å². The number of pyridine rings is 1. The predicted octanol–water partition coefficient (Wildman–Crippen LogP) is 4.23. The summed E-state index contributed by atoms with van der Waals surface area (Å²) in [5, 5.41) is 3.43. The normalized spacial score (nSPS) is 12.5. The van der Waals surface area contributed by atoms with Crippen LogP contribution in [0.25, 0.3) is 10.9 Å². The summed E-state index contributed by atoms with van der Waals surface area (Å²) in [5.41, 5.74) is 1.74. The van der Waals surface area contributed by atoms with Gasteiger partial charge in [0.2, 0.25) is 0 Å². The van der Waals surface area contributed by atoms with Crippen LogP contribution in [0.1, 0.15) is 11.6 Å². The maximum atomic E-state index is 14.2. The Morgan fingerprint density at radius 2 is 1.71 bits per heavy atom. The van der Waals surface area contributed by atoms with Crippen LogP contribution in [-0.4, -0.2) is 30.5 Å². The second-order valence-electron chi connectivity index (χ2n) is 5.88. The third-order valence-electron chi connectivity index (χ3n) is 4.09. The molecule has 5 heteroatoms. The first-order valence-electron chi connectivity index (χ1n) is 7.76. The number of anilines is 1. The molecule has 0 fully saturated rings. The summed E-state index contributed by atoms with van der Waals surface area (Å²) >= 11 is 0. The quantitative estimate of drug-likeness (QED) is 0.760. The number of likely N-dealkylation sites (N-methyl/N-ethyl adjacent to an activating group) is 1. The number of hydrogen-bond acceptors (Lipinski definition) is 3. The van der Waals surface area contributed by atoms with E-state index in [9.17, 15) is 8.78 Å². The van der Waals surface area contributed by atoms with Crippen molar-refractivity contribution in [3.63, 3.8) is 0 Å². The summed E-state index contributed by atoms with van der Waals surface area (Å²) in [6.45, 7) is 0.562. The van der Waals surface area contributed by atoms with E-state index in [1.165, 1.54) is 6.20 Å². The number of benzene rings is 2. The lowest BCUT2D eigenvalue weighted by Crippen LogP contribution is -2.26. The minimum atomic E-state index is -0.526. The first kappa shape index (κ1) is 16.3. The van der Waals surface area contributed by atoms with Crippen molar-refractivity contribution in [3.05, 3.63) is 71.9 Å². The Morgan fingerprint density at radius 1 is 1.00 bits per heavy atom. The van der Waals surface area contributed by atoms with Gasteiger partial charge in [0.25, 0.3) is 0 Å². The van der Waals surface area contributed by atoms with E-state index in [0.29, 0.717) is 12.2 Å². The molecule has 0 saturated heterocycles.